The molecule has 3 heteroatoms. The van der Waals surface area contributed by atoms with Gasteiger partial charge in [0.15, 0.2) is 6.29 Å². The Balaban J connectivity index is 2.25. The summed E-state index contributed by atoms with van der Waals surface area (Å²) in [6.45, 7) is 0. The first-order chi connectivity index (χ1) is 8.33. The molecule has 2 aromatic carbocycles. The fourth-order valence-corrected chi connectivity index (χ4v) is 1.40. The molecule has 0 aliphatic heterocycles. The van der Waals surface area contributed by atoms with Crippen molar-refractivity contribution in [1.29, 1.82) is 5.26 Å². The van der Waals surface area contributed by atoms with E-state index in [4.69, 9.17) is 10.00 Å². The van der Waals surface area contributed by atoms with Gasteiger partial charge in [0.2, 0.25) is 0 Å². The largest absolute Gasteiger partial charge is 0.457 e. The average Bonchev–Trinajstić information content (AvgIpc) is 2.40. The minimum absolute atomic E-state index is 0.497. The molecule has 0 aliphatic carbocycles. The van der Waals surface area contributed by atoms with Gasteiger partial charge in [0.1, 0.15) is 11.5 Å². The molecule has 0 saturated heterocycles. The van der Waals surface area contributed by atoms with Gasteiger partial charge in [-0.15, -0.1) is 0 Å². The number of nitriles is 1. The van der Waals surface area contributed by atoms with Crippen molar-refractivity contribution < 1.29 is 9.53 Å². The molecule has 2 rings (SSSR count). The quantitative estimate of drug-likeness (QED) is 0.751. The topological polar surface area (TPSA) is 50.1 Å². The summed E-state index contributed by atoms with van der Waals surface area (Å²) in [6, 6.07) is 15.7. The molecule has 82 valence electrons. The van der Waals surface area contributed by atoms with Crippen LogP contribution in [0.15, 0.2) is 48.5 Å². The molecule has 0 unspecified atom stereocenters. The summed E-state index contributed by atoms with van der Waals surface area (Å²) in [6.07, 6.45) is 0.749. The number of nitrogens with zero attached hydrogens (tertiary/aromatic N) is 1. The molecule has 0 amide bonds. The molecule has 2 aromatic rings. The average molecular weight is 223 g/mol. The number of benzene rings is 2. The van der Waals surface area contributed by atoms with Crippen LogP contribution in [0.4, 0.5) is 0 Å². The number of carbonyl (C=O) groups is 1. The van der Waals surface area contributed by atoms with E-state index < -0.39 is 0 Å². The summed E-state index contributed by atoms with van der Waals surface area (Å²) in [5.74, 6) is 1.10. The number of aldehydes is 1. The van der Waals surface area contributed by atoms with E-state index in [0.29, 0.717) is 22.6 Å². The van der Waals surface area contributed by atoms with E-state index in [1.165, 1.54) is 0 Å². The minimum Gasteiger partial charge on any atom is -0.457 e. The molecule has 0 fully saturated rings. The molecule has 0 heterocycles. The Kier molecular flexibility index (Phi) is 3.18. The molecule has 0 aromatic heterocycles. The zero-order chi connectivity index (χ0) is 12.1. The number of ether oxygens (including phenoxy) is 1. The van der Waals surface area contributed by atoms with Crippen molar-refractivity contribution in [1.82, 2.24) is 0 Å². The highest BCUT2D eigenvalue weighted by molar-refractivity contribution is 5.79. The SMILES string of the molecule is N#Cc1ccc(Oc2ccccc2C=O)cc1. The van der Waals surface area contributed by atoms with Crippen molar-refractivity contribution in [3.05, 3.63) is 59.7 Å². The molecule has 0 saturated carbocycles. The molecule has 17 heavy (non-hydrogen) atoms. The van der Waals surface area contributed by atoms with Gasteiger partial charge < -0.3 is 4.74 Å². The second kappa shape index (κ2) is 4.95. The zero-order valence-corrected chi connectivity index (χ0v) is 8.96. The van der Waals surface area contributed by atoms with Crippen LogP contribution in [0.2, 0.25) is 0 Å². The maximum atomic E-state index is 10.8. The third-order valence-electron chi connectivity index (χ3n) is 2.26. The summed E-state index contributed by atoms with van der Waals surface area (Å²) < 4.78 is 5.56. The van der Waals surface area contributed by atoms with Crippen LogP contribution in [-0.4, -0.2) is 6.29 Å². The van der Waals surface area contributed by atoms with Crippen molar-refractivity contribution in [3.63, 3.8) is 0 Å². The monoisotopic (exact) mass is 223 g/mol. The predicted octanol–water partition coefficient (Wildman–Crippen LogP) is 3.16. The second-order valence-corrected chi connectivity index (χ2v) is 3.39. The Morgan fingerprint density at radius 2 is 1.76 bits per heavy atom. The van der Waals surface area contributed by atoms with Gasteiger partial charge in [0.25, 0.3) is 0 Å². The predicted molar refractivity (Wildman–Crippen MR) is 63.1 cm³/mol. The Bertz CT molecular complexity index is 568. The lowest BCUT2D eigenvalue weighted by atomic mass is 10.2. The third-order valence-corrected chi connectivity index (χ3v) is 2.26. The number of hydrogen-bond acceptors (Lipinski definition) is 3. The van der Waals surface area contributed by atoms with Crippen molar-refractivity contribution in [2.45, 2.75) is 0 Å². The van der Waals surface area contributed by atoms with E-state index >= 15 is 0 Å². The molecule has 0 N–H and O–H groups in total. The molecular formula is C14H9NO2. The Labute approximate surface area is 98.9 Å². The first kappa shape index (κ1) is 10.9. The van der Waals surface area contributed by atoms with Crippen LogP contribution in [0.25, 0.3) is 0 Å². The Morgan fingerprint density at radius 3 is 2.41 bits per heavy atom. The summed E-state index contributed by atoms with van der Waals surface area (Å²) in [7, 11) is 0. The highest BCUT2D eigenvalue weighted by Crippen LogP contribution is 2.24. The highest BCUT2D eigenvalue weighted by Gasteiger charge is 2.02. The molecule has 0 spiro atoms. The summed E-state index contributed by atoms with van der Waals surface area (Å²) in [4.78, 5) is 10.8. The standard InChI is InChI=1S/C14H9NO2/c15-9-11-5-7-13(8-6-11)17-14-4-2-1-3-12(14)10-16/h1-8,10H. The molecule has 0 bridgehead atoms. The van der Waals surface area contributed by atoms with Crippen LogP contribution in [0, 0.1) is 11.3 Å². The zero-order valence-electron chi connectivity index (χ0n) is 8.96. The second-order valence-electron chi connectivity index (χ2n) is 3.39. The lowest BCUT2D eigenvalue weighted by Gasteiger charge is -2.07. The fourth-order valence-electron chi connectivity index (χ4n) is 1.40. The maximum absolute atomic E-state index is 10.8. The molecule has 0 atom stereocenters. The highest BCUT2D eigenvalue weighted by atomic mass is 16.5. The molecule has 3 nitrogen and oxygen atoms in total. The van der Waals surface area contributed by atoms with Crippen LogP contribution in [0.5, 0.6) is 11.5 Å². The van der Waals surface area contributed by atoms with E-state index in [1.54, 1.807) is 48.5 Å². The van der Waals surface area contributed by atoms with E-state index in [2.05, 4.69) is 0 Å². The number of rotatable bonds is 3. The van der Waals surface area contributed by atoms with Gasteiger partial charge in [0.05, 0.1) is 17.2 Å². The smallest absolute Gasteiger partial charge is 0.153 e. The van der Waals surface area contributed by atoms with Gasteiger partial charge in [-0.2, -0.15) is 5.26 Å². The van der Waals surface area contributed by atoms with Gasteiger partial charge in [-0.1, -0.05) is 12.1 Å². The van der Waals surface area contributed by atoms with Crippen LogP contribution >= 0.6 is 0 Å². The maximum Gasteiger partial charge on any atom is 0.153 e. The van der Waals surface area contributed by atoms with Crippen molar-refractivity contribution in [2.75, 3.05) is 0 Å². The molecular weight excluding hydrogens is 214 g/mol. The lowest BCUT2D eigenvalue weighted by molar-refractivity contribution is 0.112. The van der Waals surface area contributed by atoms with Crippen LogP contribution < -0.4 is 4.74 Å². The first-order valence-electron chi connectivity index (χ1n) is 5.05. The van der Waals surface area contributed by atoms with Crippen molar-refractivity contribution in [2.24, 2.45) is 0 Å². The fraction of sp³-hybridized carbons (Fsp3) is 0. The van der Waals surface area contributed by atoms with Crippen LogP contribution in [-0.2, 0) is 0 Å². The van der Waals surface area contributed by atoms with Gasteiger partial charge in [-0.3, -0.25) is 4.79 Å². The first-order valence-corrected chi connectivity index (χ1v) is 5.05. The van der Waals surface area contributed by atoms with Gasteiger partial charge in [0, 0.05) is 0 Å². The van der Waals surface area contributed by atoms with Gasteiger partial charge in [-0.05, 0) is 36.4 Å². The minimum atomic E-state index is 0.497. The van der Waals surface area contributed by atoms with Gasteiger partial charge in [-0.25, -0.2) is 0 Å². The molecule has 0 radical (unpaired) electrons. The van der Waals surface area contributed by atoms with E-state index in [0.717, 1.165) is 6.29 Å². The summed E-state index contributed by atoms with van der Waals surface area (Å²) in [5.41, 5.74) is 1.07. The lowest BCUT2D eigenvalue weighted by Crippen LogP contribution is -1.89. The van der Waals surface area contributed by atoms with E-state index in [1.807, 2.05) is 6.07 Å². The van der Waals surface area contributed by atoms with E-state index in [-0.39, 0.29) is 0 Å². The molecule has 0 aliphatic rings. The van der Waals surface area contributed by atoms with Gasteiger partial charge >= 0.3 is 0 Å². The summed E-state index contributed by atoms with van der Waals surface area (Å²) >= 11 is 0. The van der Waals surface area contributed by atoms with E-state index in [9.17, 15) is 4.79 Å². The van der Waals surface area contributed by atoms with Crippen molar-refractivity contribution in [3.8, 4) is 17.6 Å². The number of hydrogen-bond donors (Lipinski definition) is 0. The normalized spacial score (nSPS) is 9.35. The van der Waals surface area contributed by atoms with Crippen molar-refractivity contribution >= 4 is 6.29 Å². The summed E-state index contributed by atoms with van der Waals surface area (Å²) in [5, 5.41) is 8.66. The Hall–Kier alpha value is -2.60. The van der Waals surface area contributed by atoms with Crippen LogP contribution in [0.1, 0.15) is 15.9 Å². The Morgan fingerprint density at radius 1 is 1.06 bits per heavy atom. The third kappa shape index (κ3) is 2.50. The van der Waals surface area contributed by atoms with Crippen LogP contribution in [0.3, 0.4) is 0 Å². The number of carbonyl (C=O) groups excluding carboxylic acids is 1. The number of para-hydroxylation sites is 1.